The zero-order valence-corrected chi connectivity index (χ0v) is 22.3. The minimum atomic E-state index is -3.82. The molecule has 0 aromatic heterocycles. The molecule has 2 amide bonds. The first-order valence-corrected chi connectivity index (χ1v) is 13.7. The highest BCUT2D eigenvalue weighted by Gasteiger charge is 2.32. The van der Waals surface area contributed by atoms with Gasteiger partial charge in [0.2, 0.25) is 28.6 Å². The predicted molar refractivity (Wildman–Crippen MR) is 138 cm³/mol. The van der Waals surface area contributed by atoms with Crippen molar-refractivity contribution < 1.29 is 27.5 Å². The van der Waals surface area contributed by atoms with E-state index in [4.69, 9.17) is 9.47 Å². The predicted octanol–water partition coefficient (Wildman–Crippen LogP) is 3.21. The maximum Gasteiger partial charge on any atom is 0.244 e. The Kier molecular flexibility index (Phi) is 8.84. The fraction of sp³-hybridized carbons (Fsp3) is 0.462. The van der Waals surface area contributed by atoms with Gasteiger partial charge in [-0.15, -0.1) is 0 Å². The van der Waals surface area contributed by atoms with Crippen molar-refractivity contribution >= 4 is 27.5 Å². The van der Waals surface area contributed by atoms with Gasteiger partial charge >= 0.3 is 0 Å². The summed E-state index contributed by atoms with van der Waals surface area (Å²) < 4.78 is 37.9. The molecule has 0 bridgehead atoms. The van der Waals surface area contributed by atoms with E-state index in [1.807, 2.05) is 45.0 Å². The number of nitrogens with one attached hydrogen (secondary N) is 1. The molecule has 1 N–H and O–H groups in total. The lowest BCUT2D eigenvalue weighted by Gasteiger charge is -2.32. The third-order valence-electron chi connectivity index (χ3n) is 6.39. The van der Waals surface area contributed by atoms with Crippen LogP contribution in [-0.4, -0.2) is 56.3 Å². The van der Waals surface area contributed by atoms with E-state index in [1.54, 1.807) is 25.1 Å². The molecule has 3 rings (SSSR count). The van der Waals surface area contributed by atoms with Crippen LogP contribution >= 0.6 is 0 Å². The van der Waals surface area contributed by atoms with Crippen LogP contribution in [0, 0.1) is 6.92 Å². The second kappa shape index (κ2) is 11.6. The minimum Gasteiger partial charge on any atom is -0.454 e. The van der Waals surface area contributed by atoms with E-state index in [9.17, 15) is 18.0 Å². The highest BCUT2D eigenvalue weighted by Crippen LogP contribution is 2.36. The molecule has 0 saturated carbocycles. The Bertz CT molecular complexity index is 1200. The van der Waals surface area contributed by atoms with E-state index in [-0.39, 0.29) is 31.0 Å². The van der Waals surface area contributed by atoms with Crippen molar-refractivity contribution in [2.75, 3.05) is 23.4 Å². The van der Waals surface area contributed by atoms with Crippen LogP contribution in [0.25, 0.3) is 0 Å². The van der Waals surface area contributed by atoms with E-state index >= 15 is 0 Å². The molecule has 0 unspecified atom stereocenters. The summed E-state index contributed by atoms with van der Waals surface area (Å²) in [7, 11) is -3.82. The van der Waals surface area contributed by atoms with Crippen LogP contribution in [0.15, 0.2) is 42.5 Å². The van der Waals surface area contributed by atoms with Crippen LogP contribution in [-0.2, 0) is 26.2 Å². The molecule has 0 aliphatic carbocycles. The van der Waals surface area contributed by atoms with E-state index < -0.39 is 28.5 Å². The van der Waals surface area contributed by atoms with Crippen molar-refractivity contribution in [2.45, 2.75) is 59.7 Å². The van der Waals surface area contributed by atoms with E-state index in [0.717, 1.165) is 21.9 Å². The molecule has 2 aromatic carbocycles. The number of fused-ring (bicyclic) bond motifs is 1. The van der Waals surface area contributed by atoms with Crippen molar-refractivity contribution in [1.29, 1.82) is 0 Å². The molecule has 1 aliphatic rings. The summed E-state index contributed by atoms with van der Waals surface area (Å²) in [6.07, 6.45) is 0.747. The number of nitrogens with zero attached hydrogens (tertiary/aromatic N) is 2. The molecule has 9 nitrogen and oxygen atoms in total. The summed E-state index contributed by atoms with van der Waals surface area (Å²) in [5.74, 6) is -0.0555. The van der Waals surface area contributed by atoms with Gasteiger partial charge in [-0.05, 0) is 57.4 Å². The molecule has 2 aromatic rings. The number of hydrogen-bond acceptors (Lipinski definition) is 6. The lowest BCUT2D eigenvalue weighted by atomic mass is 10.1. The van der Waals surface area contributed by atoms with Crippen molar-refractivity contribution in [3.63, 3.8) is 0 Å². The van der Waals surface area contributed by atoms with Gasteiger partial charge in [0.25, 0.3) is 0 Å². The fourth-order valence-corrected chi connectivity index (χ4v) is 4.83. The lowest BCUT2D eigenvalue weighted by molar-refractivity contribution is -0.139. The number of benzene rings is 2. The SMILES string of the molecule is CC[C@H](C)NC(=O)[C@H](C)N(Cc1ccccc1C)C(=O)CN(c1ccc2c(c1)OCO2)S(=O)(=O)CC. The van der Waals surface area contributed by atoms with Gasteiger partial charge in [0.1, 0.15) is 12.6 Å². The van der Waals surface area contributed by atoms with E-state index in [2.05, 4.69) is 5.32 Å². The molecule has 0 saturated heterocycles. The van der Waals surface area contributed by atoms with Gasteiger partial charge in [-0.1, -0.05) is 31.2 Å². The average Bonchev–Trinajstić information content (AvgIpc) is 3.34. The summed E-state index contributed by atoms with van der Waals surface area (Å²) >= 11 is 0. The molecule has 0 spiro atoms. The van der Waals surface area contributed by atoms with Gasteiger partial charge in [-0.25, -0.2) is 8.42 Å². The second-order valence-electron chi connectivity index (χ2n) is 8.89. The third kappa shape index (κ3) is 6.29. The normalized spacial score (nSPS) is 14.1. The number of carbonyl (C=O) groups is 2. The Morgan fingerprint density at radius 2 is 1.75 bits per heavy atom. The Labute approximate surface area is 213 Å². The molecule has 0 radical (unpaired) electrons. The van der Waals surface area contributed by atoms with Crippen LogP contribution < -0.4 is 19.1 Å². The molecule has 10 heteroatoms. The zero-order chi connectivity index (χ0) is 26.5. The molecule has 0 fully saturated rings. The van der Waals surface area contributed by atoms with Crippen LogP contribution in [0.2, 0.25) is 0 Å². The molecule has 1 heterocycles. The van der Waals surface area contributed by atoms with Gasteiger partial charge in [-0.3, -0.25) is 13.9 Å². The van der Waals surface area contributed by atoms with Crippen LogP contribution in [0.4, 0.5) is 5.69 Å². The van der Waals surface area contributed by atoms with Gasteiger partial charge < -0.3 is 19.7 Å². The summed E-state index contributed by atoms with van der Waals surface area (Å²) in [6.45, 7) is 8.73. The van der Waals surface area contributed by atoms with Gasteiger partial charge in [0, 0.05) is 18.7 Å². The van der Waals surface area contributed by atoms with Crippen molar-refractivity contribution in [3.05, 3.63) is 53.6 Å². The first-order valence-electron chi connectivity index (χ1n) is 12.1. The highest BCUT2D eigenvalue weighted by atomic mass is 32.2. The molecular weight excluding hydrogens is 482 g/mol. The number of carbonyl (C=O) groups excluding carboxylic acids is 2. The number of sulfonamides is 1. The molecule has 196 valence electrons. The summed E-state index contributed by atoms with van der Waals surface area (Å²) in [5, 5.41) is 2.92. The van der Waals surface area contributed by atoms with Gasteiger partial charge in [0.05, 0.1) is 11.4 Å². The Morgan fingerprint density at radius 1 is 1.06 bits per heavy atom. The molecule has 1 aliphatic heterocycles. The van der Waals surface area contributed by atoms with Crippen LogP contribution in [0.5, 0.6) is 11.5 Å². The Morgan fingerprint density at radius 3 is 2.42 bits per heavy atom. The Hall–Kier alpha value is -3.27. The van der Waals surface area contributed by atoms with Gasteiger partial charge in [0.15, 0.2) is 11.5 Å². The maximum absolute atomic E-state index is 13.7. The number of anilines is 1. The third-order valence-corrected chi connectivity index (χ3v) is 8.13. The monoisotopic (exact) mass is 517 g/mol. The standard InChI is InChI=1S/C26H35N3O6S/c1-6-19(4)27-26(31)20(5)28(15-21-11-9-8-10-18(21)3)25(30)16-29(36(32,33)7-2)22-12-13-23-24(14-22)35-17-34-23/h8-14,19-20H,6-7,15-17H2,1-5H3,(H,27,31)/t19-,20-/m0/s1. The largest absolute Gasteiger partial charge is 0.454 e. The topological polar surface area (TPSA) is 105 Å². The highest BCUT2D eigenvalue weighted by molar-refractivity contribution is 7.92. The number of hydrogen-bond donors (Lipinski definition) is 1. The van der Waals surface area contributed by atoms with Crippen molar-refractivity contribution in [1.82, 2.24) is 10.2 Å². The molecule has 2 atom stereocenters. The first kappa shape index (κ1) is 27.3. The molecular formula is C26H35N3O6S. The zero-order valence-electron chi connectivity index (χ0n) is 21.5. The van der Waals surface area contributed by atoms with Crippen LogP contribution in [0.1, 0.15) is 45.2 Å². The quantitative estimate of drug-likeness (QED) is 0.491. The molecule has 36 heavy (non-hydrogen) atoms. The number of ether oxygens (including phenoxy) is 2. The minimum absolute atomic E-state index is 0.0469. The van der Waals surface area contributed by atoms with Crippen LogP contribution in [0.3, 0.4) is 0 Å². The smallest absolute Gasteiger partial charge is 0.244 e. The Balaban J connectivity index is 1.95. The van der Waals surface area contributed by atoms with Crippen molar-refractivity contribution in [3.8, 4) is 11.5 Å². The van der Waals surface area contributed by atoms with E-state index in [1.165, 1.54) is 11.8 Å². The van der Waals surface area contributed by atoms with Crippen molar-refractivity contribution in [2.24, 2.45) is 0 Å². The summed E-state index contributed by atoms with van der Waals surface area (Å²) in [6, 6.07) is 11.5. The van der Waals surface area contributed by atoms with Gasteiger partial charge in [-0.2, -0.15) is 0 Å². The summed E-state index contributed by atoms with van der Waals surface area (Å²) in [4.78, 5) is 28.2. The first-order chi connectivity index (χ1) is 17.1. The average molecular weight is 518 g/mol. The second-order valence-corrected chi connectivity index (χ2v) is 11.1. The number of rotatable bonds is 11. The summed E-state index contributed by atoms with van der Waals surface area (Å²) in [5.41, 5.74) is 2.14. The number of amides is 2. The lowest BCUT2D eigenvalue weighted by Crippen LogP contribution is -2.52. The van der Waals surface area contributed by atoms with E-state index in [0.29, 0.717) is 17.2 Å². The fourth-order valence-electron chi connectivity index (χ4n) is 3.78. The maximum atomic E-state index is 13.7. The number of aryl methyl sites for hydroxylation is 1.